The largest absolute Gasteiger partial charge is 0.512 e. The molecule has 0 aromatic rings. The van der Waals surface area contributed by atoms with Crippen LogP contribution in [-0.2, 0) is 50.3 Å². The SMILES string of the molecule is CC(C)O.CCOC(=O)C=C(C)O.CCOC(=O)C=C(C)O.CCOC(=O)C=C(C)O.[Ti]. The number of carbonyl (C=O) groups excluding carboxylic acids is 3. The average Bonchev–Trinajstić information content (AvgIpc) is 2.53. The van der Waals surface area contributed by atoms with Gasteiger partial charge < -0.3 is 34.6 Å². The molecule has 0 aliphatic heterocycles. The van der Waals surface area contributed by atoms with Crippen LogP contribution in [0.2, 0.25) is 0 Å². The first-order valence-electron chi connectivity index (χ1n) is 9.53. The number of allylic oxidation sites excluding steroid dienone is 3. The van der Waals surface area contributed by atoms with Crippen molar-refractivity contribution in [1.82, 2.24) is 0 Å². The maximum absolute atomic E-state index is 10.4. The van der Waals surface area contributed by atoms with Crippen LogP contribution in [-0.4, -0.2) is 64.3 Å². The number of ether oxygens (including phenoxy) is 3. The van der Waals surface area contributed by atoms with E-state index in [-0.39, 0.29) is 45.1 Å². The molecule has 0 saturated carbocycles. The Kier molecular flexibility index (Phi) is 36.0. The van der Waals surface area contributed by atoms with E-state index in [1.807, 2.05) is 0 Å². The molecule has 0 spiro atoms. The molecule has 0 fully saturated rings. The quantitative estimate of drug-likeness (QED) is 0.140. The second kappa shape index (κ2) is 28.7. The van der Waals surface area contributed by atoms with Gasteiger partial charge in [-0.1, -0.05) is 0 Å². The zero-order valence-corrected chi connectivity index (χ0v) is 21.7. The molecule has 0 aliphatic rings. The molecular weight excluding hydrogens is 460 g/mol. The van der Waals surface area contributed by atoms with Crippen molar-refractivity contribution in [2.75, 3.05) is 19.8 Å². The van der Waals surface area contributed by atoms with E-state index in [1.165, 1.54) is 20.8 Å². The summed E-state index contributed by atoms with van der Waals surface area (Å²) in [5, 5.41) is 33.6. The van der Waals surface area contributed by atoms with E-state index < -0.39 is 17.9 Å². The monoisotopic (exact) mass is 498 g/mol. The number of rotatable bonds is 6. The van der Waals surface area contributed by atoms with E-state index in [1.54, 1.807) is 34.6 Å². The molecule has 186 valence electrons. The van der Waals surface area contributed by atoms with Gasteiger partial charge in [-0.3, -0.25) is 0 Å². The molecule has 0 amide bonds. The third-order valence-electron chi connectivity index (χ3n) is 1.84. The second-order valence-electron chi connectivity index (χ2n) is 5.71. The Labute approximate surface area is 205 Å². The molecule has 11 heteroatoms. The van der Waals surface area contributed by atoms with Crippen molar-refractivity contribution < 1.29 is 70.7 Å². The second-order valence-corrected chi connectivity index (χ2v) is 5.71. The first-order valence-corrected chi connectivity index (χ1v) is 9.53. The molecule has 0 heterocycles. The van der Waals surface area contributed by atoms with Crippen molar-refractivity contribution in [3.05, 3.63) is 35.5 Å². The van der Waals surface area contributed by atoms with Gasteiger partial charge in [0.05, 0.1) is 55.3 Å². The Bertz CT molecular complexity index is 490. The van der Waals surface area contributed by atoms with Crippen LogP contribution in [0.1, 0.15) is 55.4 Å². The summed E-state index contributed by atoms with van der Waals surface area (Å²) in [5.41, 5.74) is 0. The van der Waals surface area contributed by atoms with Crippen molar-refractivity contribution in [2.24, 2.45) is 0 Å². The van der Waals surface area contributed by atoms with Crippen LogP contribution in [0.15, 0.2) is 35.5 Å². The molecule has 0 saturated heterocycles. The molecular formula is C21H38O10Ti. The number of carbonyl (C=O) groups is 3. The summed E-state index contributed by atoms with van der Waals surface area (Å²) in [4.78, 5) is 31.2. The fraction of sp³-hybridized carbons (Fsp3) is 0.571. The number of aliphatic hydroxyl groups excluding tert-OH is 4. The fourth-order valence-corrected chi connectivity index (χ4v) is 1.06. The summed E-state index contributed by atoms with van der Waals surface area (Å²) in [5.74, 6) is -1.61. The predicted molar refractivity (Wildman–Crippen MR) is 116 cm³/mol. The van der Waals surface area contributed by atoms with Crippen LogP contribution in [0.3, 0.4) is 0 Å². The van der Waals surface area contributed by atoms with Crippen molar-refractivity contribution in [3.63, 3.8) is 0 Å². The molecule has 0 radical (unpaired) electrons. The Hall–Kier alpha value is -2.30. The summed E-state index contributed by atoms with van der Waals surface area (Å²) in [6.45, 7) is 13.8. The number of hydrogen-bond donors (Lipinski definition) is 4. The first kappa shape index (κ1) is 40.1. The Morgan fingerprint density at radius 1 is 0.656 bits per heavy atom. The minimum atomic E-state index is -0.502. The summed E-state index contributed by atoms with van der Waals surface area (Å²) < 4.78 is 13.4. The minimum Gasteiger partial charge on any atom is -0.512 e. The van der Waals surface area contributed by atoms with Crippen LogP contribution in [0.25, 0.3) is 0 Å². The molecule has 0 aromatic heterocycles. The van der Waals surface area contributed by atoms with Gasteiger partial charge >= 0.3 is 17.9 Å². The van der Waals surface area contributed by atoms with Crippen LogP contribution in [0.5, 0.6) is 0 Å². The van der Waals surface area contributed by atoms with E-state index in [9.17, 15) is 14.4 Å². The third-order valence-corrected chi connectivity index (χ3v) is 1.84. The van der Waals surface area contributed by atoms with Crippen molar-refractivity contribution >= 4 is 17.9 Å². The van der Waals surface area contributed by atoms with E-state index in [4.69, 9.17) is 20.4 Å². The smallest absolute Gasteiger partial charge is 0.334 e. The van der Waals surface area contributed by atoms with E-state index >= 15 is 0 Å². The summed E-state index contributed by atoms with van der Waals surface area (Å²) in [6, 6.07) is 0. The van der Waals surface area contributed by atoms with Gasteiger partial charge in [0.2, 0.25) is 0 Å². The molecule has 32 heavy (non-hydrogen) atoms. The van der Waals surface area contributed by atoms with Gasteiger partial charge in [-0.2, -0.15) is 0 Å². The van der Waals surface area contributed by atoms with Gasteiger partial charge in [0, 0.05) is 27.8 Å². The van der Waals surface area contributed by atoms with E-state index in [2.05, 4.69) is 14.2 Å². The molecule has 0 bridgehead atoms. The van der Waals surface area contributed by atoms with Crippen molar-refractivity contribution in [1.29, 1.82) is 0 Å². The van der Waals surface area contributed by atoms with Crippen LogP contribution in [0, 0.1) is 0 Å². The van der Waals surface area contributed by atoms with Gasteiger partial charge in [0.25, 0.3) is 0 Å². The Balaban J connectivity index is -0.000000104. The minimum absolute atomic E-state index is 0. The van der Waals surface area contributed by atoms with Gasteiger partial charge in [0.15, 0.2) is 0 Å². The molecule has 0 aromatic carbocycles. The molecule has 0 atom stereocenters. The summed E-state index contributed by atoms with van der Waals surface area (Å²) in [7, 11) is 0. The molecule has 0 rings (SSSR count). The topological polar surface area (TPSA) is 160 Å². The predicted octanol–water partition coefficient (Wildman–Crippen LogP) is 3.42. The van der Waals surface area contributed by atoms with Crippen molar-refractivity contribution in [3.8, 4) is 0 Å². The first-order chi connectivity index (χ1) is 14.2. The number of esters is 3. The molecule has 10 nitrogen and oxygen atoms in total. The zero-order chi connectivity index (χ0) is 25.4. The molecule has 4 N–H and O–H groups in total. The van der Waals surface area contributed by atoms with Gasteiger partial charge in [-0.25, -0.2) is 14.4 Å². The Morgan fingerprint density at radius 2 is 0.812 bits per heavy atom. The Morgan fingerprint density at radius 3 is 0.906 bits per heavy atom. The van der Waals surface area contributed by atoms with Gasteiger partial charge in [-0.15, -0.1) is 0 Å². The van der Waals surface area contributed by atoms with E-state index in [0.717, 1.165) is 18.2 Å². The molecule has 0 aliphatic carbocycles. The van der Waals surface area contributed by atoms with Gasteiger partial charge in [0.1, 0.15) is 0 Å². The van der Waals surface area contributed by atoms with Crippen LogP contribution in [0.4, 0.5) is 0 Å². The maximum atomic E-state index is 10.4. The standard InChI is InChI=1S/3C6H10O3.C3H8O.Ti/c3*1-3-9-6(8)4-5(2)7;1-3(2)4;/h3*4,7H,3H2,1-2H3;3-4H,1-2H3;. The fourth-order valence-electron chi connectivity index (χ4n) is 1.06. The number of hydrogen-bond acceptors (Lipinski definition) is 10. The van der Waals surface area contributed by atoms with E-state index in [0.29, 0.717) is 19.8 Å². The zero-order valence-electron chi connectivity index (χ0n) is 20.2. The van der Waals surface area contributed by atoms with Gasteiger partial charge in [-0.05, 0) is 55.4 Å². The van der Waals surface area contributed by atoms with Crippen LogP contribution < -0.4 is 0 Å². The average molecular weight is 498 g/mol. The van der Waals surface area contributed by atoms with Crippen molar-refractivity contribution in [2.45, 2.75) is 61.5 Å². The maximum Gasteiger partial charge on any atom is 0.334 e. The summed E-state index contributed by atoms with van der Waals surface area (Å²) in [6.07, 6.45) is 2.93. The third kappa shape index (κ3) is 56.5. The molecule has 0 unspecified atom stereocenters. The number of aliphatic hydroxyl groups is 4. The van der Waals surface area contributed by atoms with Crippen LogP contribution >= 0.6 is 0 Å². The normalized spacial score (nSPS) is 10.5. The summed E-state index contributed by atoms with van der Waals surface area (Å²) >= 11 is 0.